The number of rotatable bonds is 1. The molecule has 0 radical (unpaired) electrons. The van der Waals surface area contributed by atoms with Crippen molar-refractivity contribution in [1.29, 1.82) is 0 Å². The van der Waals surface area contributed by atoms with E-state index in [1.54, 1.807) is 35.9 Å². The van der Waals surface area contributed by atoms with Crippen LogP contribution in [0.1, 0.15) is 16.9 Å². The van der Waals surface area contributed by atoms with Crippen molar-refractivity contribution in [3.8, 4) is 11.8 Å². The number of carbonyl (C=O) groups excluding carboxylic acids is 2. The van der Waals surface area contributed by atoms with Crippen LogP contribution >= 0.6 is 23.1 Å². The van der Waals surface area contributed by atoms with Gasteiger partial charge in [0.05, 0.1) is 10.5 Å². The number of imide groups is 1. The van der Waals surface area contributed by atoms with Gasteiger partial charge in [0.2, 0.25) is 0 Å². The van der Waals surface area contributed by atoms with Gasteiger partial charge in [-0.3, -0.25) is 19.9 Å². The van der Waals surface area contributed by atoms with Crippen LogP contribution < -0.4 is 5.32 Å². The van der Waals surface area contributed by atoms with E-state index in [1.807, 2.05) is 16.8 Å². The number of amides is 2. The van der Waals surface area contributed by atoms with E-state index in [2.05, 4.69) is 22.1 Å². The number of pyridine rings is 1. The normalized spacial score (nSPS) is 15.6. The monoisotopic (exact) mass is 352 g/mol. The Morgan fingerprint density at radius 3 is 2.92 bits per heavy atom. The van der Waals surface area contributed by atoms with Crippen molar-refractivity contribution in [2.75, 3.05) is 0 Å². The number of thiophene rings is 1. The fourth-order valence-electron chi connectivity index (χ4n) is 2.17. The number of hydrogen-bond donors (Lipinski definition) is 1. The molecule has 4 rings (SSSR count). The van der Waals surface area contributed by atoms with Crippen LogP contribution in [0.4, 0.5) is 4.79 Å². The zero-order chi connectivity index (χ0) is 16.5. The number of furan rings is 1. The molecule has 1 aliphatic heterocycles. The Hall–Kier alpha value is -2.82. The van der Waals surface area contributed by atoms with Gasteiger partial charge < -0.3 is 4.42 Å². The third-order valence-electron chi connectivity index (χ3n) is 3.22. The van der Waals surface area contributed by atoms with Crippen LogP contribution in [-0.4, -0.2) is 16.1 Å². The number of fused-ring (bicyclic) bond motifs is 1. The smallest absolute Gasteiger partial charge is 0.290 e. The Kier molecular flexibility index (Phi) is 3.69. The maximum atomic E-state index is 11.6. The Morgan fingerprint density at radius 1 is 1.25 bits per heavy atom. The minimum absolute atomic E-state index is 0.304. The summed E-state index contributed by atoms with van der Waals surface area (Å²) in [6.07, 6.45) is 4.85. The zero-order valence-electron chi connectivity index (χ0n) is 12.0. The summed E-state index contributed by atoms with van der Waals surface area (Å²) in [5, 5.41) is 6.54. The maximum Gasteiger partial charge on any atom is 0.290 e. The summed E-state index contributed by atoms with van der Waals surface area (Å²) >= 11 is 2.43. The first-order valence-corrected chi connectivity index (χ1v) is 8.61. The first-order chi connectivity index (χ1) is 11.7. The van der Waals surface area contributed by atoms with E-state index in [0.29, 0.717) is 21.8 Å². The van der Waals surface area contributed by atoms with E-state index in [0.717, 1.165) is 22.7 Å². The van der Waals surface area contributed by atoms with E-state index in [4.69, 9.17) is 4.42 Å². The Balaban J connectivity index is 1.74. The van der Waals surface area contributed by atoms with Crippen molar-refractivity contribution < 1.29 is 14.0 Å². The average molecular weight is 352 g/mol. The highest BCUT2D eigenvalue weighted by Crippen LogP contribution is 2.28. The van der Waals surface area contributed by atoms with E-state index < -0.39 is 5.91 Å². The molecule has 1 fully saturated rings. The highest BCUT2D eigenvalue weighted by Gasteiger charge is 2.25. The predicted octanol–water partition coefficient (Wildman–Crippen LogP) is 3.61. The van der Waals surface area contributed by atoms with Gasteiger partial charge in [-0.15, -0.1) is 0 Å². The quantitative estimate of drug-likeness (QED) is 0.535. The summed E-state index contributed by atoms with van der Waals surface area (Å²) in [6, 6.07) is 3.71. The SMILES string of the molecule is O=C1NC(=O)/C(=C/c2cc3cncc(C#Cc4ccsc4)c3o2)S1. The van der Waals surface area contributed by atoms with E-state index >= 15 is 0 Å². The number of thioether (sulfide) groups is 1. The van der Waals surface area contributed by atoms with Crippen LogP contribution in [0.2, 0.25) is 0 Å². The molecule has 0 saturated carbocycles. The van der Waals surface area contributed by atoms with Gasteiger partial charge in [0.25, 0.3) is 11.1 Å². The van der Waals surface area contributed by atoms with Gasteiger partial charge in [0.1, 0.15) is 5.76 Å². The average Bonchev–Trinajstić information content (AvgIpc) is 3.26. The third kappa shape index (κ3) is 2.85. The Morgan fingerprint density at radius 2 is 2.17 bits per heavy atom. The summed E-state index contributed by atoms with van der Waals surface area (Å²) in [6.45, 7) is 0. The zero-order valence-corrected chi connectivity index (χ0v) is 13.7. The summed E-state index contributed by atoms with van der Waals surface area (Å²) in [7, 11) is 0. The summed E-state index contributed by atoms with van der Waals surface area (Å²) in [5.41, 5.74) is 2.21. The molecular weight excluding hydrogens is 344 g/mol. The van der Waals surface area contributed by atoms with Gasteiger partial charge in [-0.05, 0) is 29.3 Å². The molecule has 24 heavy (non-hydrogen) atoms. The van der Waals surface area contributed by atoms with E-state index in [-0.39, 0.29) is 5.24 Å². The lowest BCUT2D eigenvalue weighted by Gasteiger charge is -1.91. The lowest BCUT2D eigenvalue weighted by Crippen LogP contribution is -2.17. The molecule has 3 aromatic heterocycles. The van der Waals surface area contributed by atoms with Gasteiger partial charge in [-0.1, -0.05) is 11.8 Å². The van der Waals surface area contributed by atoms with Crippen LogP contribution in [-0.2, 0) is 4.79 Å². The van der Waals surface area contributed by atoms with Gasteiger partial charge >= 0.3 is 0 Å². The van der Waals surface area contributed by atoms with Crippen LogP contribution in [0.5, 0.6) is 0 Å². The van der Waals surface area contributed by atoms with Crippen molar-refractivity contribution in [3.05, 3.63) is 57.1 Å². The first-order valence-electron chi connectivity index (χ1n) is 6.86. The topological polar surface area (TPSA) is 72.2 Å². The molecule has 1 saturated heterocycles. The molecule has 1 aliphatic rings. The maximum absolute atomic E-state index is 11.6. The second-order valence-corrected chi connectivity index (χ2v) is 6.66. The lowest BCUT2D eigenvalue weighted by atomic mass is 10.2. The molecule has 3 aromatic rings. The summed E-state index contributed by atoms with van der Waals surface area (Å²) in [4.78, 5) is 27.3. The Bertz CT molecular complexity index is 1050. The molecule has 5 nitrogen and oxygen atoms in total. The first kappa shape index (κ1) is 14.8. The van der Waals surface area contributed by atoms with Gasteiger partial charge in [-0.25, -0.2) is 0 Å². The standard InChI is InChI=1S/C17H8N2O3S2/c20-16-14(24-17(21)19-16)6-13-5-12-8-18-7-11(15(12)22-13)2-1-10-3-4-23-9-10/h3-9H,(H,19,20,21)/b14-6-. The lowest BCUT2D eigenvalue weighted by molar-refractivity contribution is -0.115. The van der Waals surface area contributed by atoms with E-state index in [1.165, 1.54) is 0 Å². The number of nitrogens with zero attached hydrogens (tertiary/aromatic N) is 1. The van der Waals surface area contributed by atoms with Crippen LogP contribution in [0.25, 0.3) is 17.0 Å². The number of nitrogens with one attached hydrogen (secondary N) is 1. The number of hydrogen-bond acceptors (Lipinski definition) is 6. The highest BCUT2D eigenvalue weighted by molar-refractivity contribution is 8.18. The molecule has 0 bridgehead atoms. The molecule has 116 valence electrons. The fourth-order valence-corrected chi connectivity index (χ4v) is 3.42. The van der Waals surface area contributed by atoms with Gasteiger partial charge in [-0.2, -0.15) is 11.3 Å². The molecule has 0 aromatic carbocycles. The van der Waals surface area contributed by atoms with Crippen molar-refractivity contribution >= 4 is 51.3 Å². The second-order valence-electron chi connectivity index (χ2n) is 4.87. The van der Waals surface area contributed by atoms with Crippen molar-refractivity contribution in [2.24, 2.45) is 0 Å². The molecular formula is C17H8N2O3S2. The van der Waals surface area contributed by atoms with Crippen molar-refractivity contribution in [2.45, 2.75) is 0 Å². The number of carbonyl (C=O) groups is 2. The van der Waals surface area contributed by atoms with Gasteiger partial charge in [0, 0.05) is 34.8 Å². The fraction of sp³-hybridized carbons (Fsp3) is 0. The minimum atomic E-state index is -0.416. The predicted molar refractivity (Wildman–Crippen MR) is 93.4 cm³/mol. The molecule has 4 heterocycles. The summed E-state index contributed by atoms with van der Waals surface area (Å²) in [5.74, 6) is 6.17. The highest BCUT2D eigenvalue weighted by atomic mass is 32.2. The van der Waals surface area contributed by atoms with E-state index in [9.17, 15) is 9.59 Å². The van der Waals surface area contributed by atoms with Gasteiger partial charge in [0.15, 0.2) is 5.58 Å². The van der Waals surface area contributed by atoms with Crippen LogP contribution in [0.15, 0.2) is 44.6 Å². The summed E-state index contributed by atoms with van der Waals surface area (Å²) < 4.78 is 5.79. The molecule has 0 aliphatic carbocycles. The molecule has 2 amide bonds. The molecule has 7 heteroatoms. The number of aromatic nitrogens is 1. The third-order valence-corrected chi connectivity index (χ3v) is 4.71. The van der Waals surface area contributed by atoms with Crippen LogP contribution in [0.3, 0.4) is 0 Å². The molecule has 0 atom stereocenters. The van der Waals surface area contributed by atoms with Crippen LogP contribution in [0, 0.1) is 11.8 Å². The molecule has 0 unspecified atom stereocenters. The molecule has 1 N–H and O–H groups in total. The second kappa shape index (κ2) is 6.00. The molecule has 0 spiro atoms. The minimum Gasteiger partial charge on any atom is -0.455 e. The Labute approximate surface area is 144 Å². The van der Waals surface area contributed by atoms with Crippen molar-refractivity contribution in [1.82, 2.24) is 10.3 Å². The largest absolute Gasteiger partial charge is 0.455 e. The van der Waals surface area contributed by atoms with Crippen molar-refractivity contribution in [3.63, 3.8) is 0 Å².